The van der Waals surface area contributed by atoms with Crippen molar-refractivity contribution >= 4 is 34.0 Å². The van der Waals surface area contributed by atoms with Crippen LogP contribution in [-0.4, -0.2) is 5.87 Å². The molecule has 0 unspecified atom stereocenters. The number of rotatable bonds is 1. The van der Waals surface area contributed by atoms with Gasteiger partial charge in [-0.1, -0.05) is 6.08 Å². The highest BCUT2D eigenvalue weighted by molar-refractivity contribution is 14.1. The Hall–Kier alpha value is -0.460. The van der Waals surface area contributed by atoms with Crippen LogP contribution < -0.4 is 29.0 Å². The van der Waals surface area contributed by atoms with Gasteiger partial charge in [0.25, 0.3) is 0 Å². The lowest BCUT2D eigenvalue weighted by atomic mass is 10.2. The molecule has 0 atom stereocenters. The molecule has 0 saturated carbocycles. The van der Waals surface area contributed by atoms with E-state index in [0.717, 1.165) is 15.0 Å². The lowest BCUT2D eigenvalue weighted by molar-refractivity contribution is -0.381. The van der Waals surface area contributed by atoms with Crippen LogP contribution in [0.1, 0.15) is 5.69 Å². The molecule has 2 rings (SSSR count). The Morgan fingerprint density at radius 2 is 2.20 bits per heavy atom. The molecule has 15 heavy (non-hydrogen) atoms. The zero-order valence-electron chi connectivity index (χ0n) is 7.74. The van der Waals surface area contributed by atoms with Gasteiger partial charge in [0.15, 0.2) is 6.20 Å². The standard InChI is InChI=1S/C11H7IN2.HI/c12-11-9(5-1-3-8-14-11)10-6-2-4-7-13-10;/h1-7H;1H. The van der Waals surface area contributed by atoms with E-state index in [1.807, 2.05) is 36.5 Å². The SMILES string of the molecule is IC1=C(c2cccc[nH+]2)C=CC=C=N1.[I-]. The van der Waals surface area contributed by atoms with E-state index in [1.165, 1.54) is 0 Å². The van der Waals surface area contributed by atoms with E-state index >= 15 is 0 Å². The van der Waals surface area contributed by atoms with Gasteiger partial charge in [0.05, 0.1) is 5.57 Å². The maximum absolute atomic E-state index is 4.16. The fraction of sp³-hybridized carbons (Fsp3) is 0. The summed E-state index contributed by atoms with van der Waals surface area (Å²) >= 11 is 2.21. The molecule has 2 nitrogen and oxygen atoms in total. The van der Waals surface area contributed by atoms with Crippen LogP contribution in [0, 0.1) is 0 Å². The minimum atomic E-state index is 0. The summed E-state index contributed by atoms with van der Waals surface area (Å²) in [6.07, 6.45) is 7.67. The molecule has 0 amide bonds. The Labute approximate surface area is 119 Å². The predicted molar refractivity (Wildman–Crippen MR) is 65.1 cm³/mol. The summed E-state index contributed by atoms with van der Waals surface area (Å²) in [5.74, 6) is 2.83. The molecule has 0 aliphatic carbocycles. The number of nitrogens with one attached hydrogen (secondary N) is 1. The first kappa shape index (κ1) is 12.6. The van der Waals surface area contributed by atoms with Crippen LogP contribution in [0.5, 0.6) is 0 Å². The third-order valence-corrected chi connectivity index (χ3v) is 2.64. The Morgan fingerprint density at radius 1 is 1.33 bits per heavy atom. The van der Waals surface area contributed by atoms with Crippen molar-refractivity contribution in [1.29, 1.82) is 0 Å². The average molecular weight is 422 g/mol. The third kappa shape index (κ3) is 3.25. The number of pyridine rings is 1. The van der Waals surface area contributed by atoms with Crippen molar-refractivity contribution in [2.75, 3.05) is 0 Å². The minimum Gasteiger partial charge on any atom is -1.00 e. The van der Waals surface area contributed by atoms with Crippen LogP contribution in [0.15, 0.2) is 51.3 Å². The Bertz CT molecular complexity index is 455. The number of allylic oxidation sites excluding steroid dienone is 4. The highest BCUT2D eigenvalue weighted by Crippen LogP contribution is 2.23. The molecule has 0 bridgehead atoms. The molecule has 0 aromatic carbocycles. The summed E-state index contributed by atoms with van der Waals surface area (Å²) in [6.45, 7) is 0. The quantitative estimate of drug-likeness (QED) is 0.428. The normalized spacial score (nSPS) is 13.7. The van der Waals surface area contributed by atoms with E-state index in [0.29, 0.717) is 0 Å². The molecule has 1 aliphatic heterocycles. The van der Waals surface area contributed by atoms with Gasteiger partial charge in [-0.05, 0) is 46.7 Å². The topological polar surface area (TPSA) is 26.5 Å². The molecule has 0 radical (unpaired) electrons. The Balaban J connectivity index is 0.00000112. The van der Waals surface area contributed by atoms with Gasteiger partial charge in [-0.2, -0.15) is 4.99 Å². The van der Waals surface area contributed by atoms with E-state index in [1.54, 1.807) is 6.08 Å². The van der Waals surface area contributed by atoms with Crippen LogP contribution in [0.2, 0.25) is 0 Å². The van der Waals surface area contributed by atoms with Crippen LogP contribution in [-0.2, 0) is 0 Å². The van der Waals surface area contributed by atoms with Crippen molar-refractivity contribution in [2.45, 2.75) is 0 Å². The minimum absolute atomic E-state index is 0. The summed E-state index contributed by atoms with van der Waals surface area (Å²) in [6, 6.07) is 5.98. The largest absolute Gasteiger partial charge is 1.00 e. The maximum Gasteiger partial charge on any atom is 0.213 e. The van der Waals surface area contributed by atoms with Crippen molar-refractivity contribution in [1.82, 2.24) is 0 Å². The van der Waals surface area contributed by atoms with Crippen molar-refractivity contribution in [3.8, 4) is 0 Å². The van der Waals surface area contributed by atoms with Crippen molar-refractivity contribution < 1.29 is 29.0 Å². The molecule has 2 heterocycles. The van der Waals surface area contributed by atoms with E-state index in [2.05, 4.69) is 38.4 Å². The lowest BCUT2D eigenvalue weighted by Crippen LogP contribution is -3.00. The van der Waals surface area contributed by atoms with Gasteiger partial charge in [0, 0.05) is 12.1 Å². The Morgan fingerprint density at radius 3 is 2.93 bits per heavy atom. The van der Waals surface area contributed by atoms with Crippen LogP contribution in [0.4, 0.5) is 0 Å². The fourth-order valence-corrected chi connectivity index (χ4v) is 1.78. The summed E-state index contributed by atoms with van der Waals surface area (Å²) in [4.78, 5) is 7.34. The highest BCUT2D eigenvalue weighted by Gasteiger charge is 2.09. The van der Waals surface area contributed by atoms with Crippen LogP contribution >= 0.6 is 22.6 Å². The molecular weight excluding hydrogens is 414 g/mol. The van der Waals surface area contributed by atoms with E-state index in [4.69, 9.17) is 0 Å². The lowest BCUT2D eigenvalue weighted by Gasteiger charge is -1.95. The summed E-state index contributed by atoms with van der Waals surface area (Å²) in [5, 5.41) is 0. The molecule has 1 aromatic heterocycles. The molecule has 0 spiro atoms. The Kier molecular flexibility index (Phi) is 5.21. The number of halogens is 2. The number of hydrogen-bond acceptors (Lipinski definition) is 1. The zero-order chi connectivity index (χ0) is 9.80. The molecule has 1 N–H and O–H groups in total. The van der Waals surface area contributed by atoms with E-state index in [9.17, 15) is 0 Å². The molecular formula is C11H8I2N2. The van der Waals surface area contributed by atoms with Gasteiger partial charge in [-0.25, -0.2) is 4.98 Å². The summed E-state index contributed by atoms with van der Waals surface area (Å²) in [7, 11) is 0. The molecule has 1 aromatic rings. The second-order valence-corrected chi connectivity index (χ2v) is 3.77. The maximum atomic E-state index is 4.16. The van der Waals surface area contributed by atoms with Gasteiger partial charge in [0.1, 0.15) is 3.70 Å². The number of H-pyrrole nitrogens is 1. The number of hydrogen-bond donors (Lipinski definition) is 0. The zero-order valence-corrected chi connectivity index (χ0v) is 12.1. The van der Waals surface area contributed by atoms with Crippen LogP contribution in [0.3, 0.4) is 0 Å². The van der Waals surface area contributed by atoms with Crippen LogP contribution in [0.25, 0.3) is 5.57 Å². The highest BCUT2D eigenvalue weighted by atomic mass is 127. The first-order chi connectivity index (χ1) is 6.88. The third-order valence-electron chi connectivity index (χ3n) is 1.82. The smallest absolute Gasteiger partial charge is 0.213 e. The number of aliphatic imine (C=N–C) groups is 1. The first-order valence-corrected chi connectivity index (χ1v) is 5.29. The molecule has 4 heteroatoms. The van der Waals surface area contributed by atoms with Gasteiger partial charge in [-0.15, -0.1) is 0 Å². The summed E-state index contributed by atoms with van der Waals surface area (Å²) in [5.41, 5.74) is 2.15. The fourth-order valence-electron chi connectivity index (χ4n) is 1.17. The number of nitrogens with zero attached hydrogens (tertiary/aromatic N) is 1. The second-order valence-electron chi connectivity index (χ2n) is 2.75. The first-order valence-electron chi connectivity index (χ1n) is 4.21. The predicted octanol–water partition coefficient (Wildman–Crippen LogP) is -0.596. The summed E-state index contributed by atoms with van der Waals surface area (Å²) < 4.78 is 0.940. The van der Waals surface area contributed by atoms with Crippen molar-refractivity contribution in [3.05, 3.63) is 52.0 Å². The number of aromatic amines is 1. The average Bonchev–Trinajstić information content (AvgIpc) is 2.44. The van der Waals surface area contributed by atoms with E-state index in [-0.39, 0.29) is 24.0 Å². The van der Waals surface area contributed by atoms with E-state index < -0.39 is 0 Å². The van der Waals surface area contributed by atoms with Crippen molar-refractivity contribution in [2.24, 2.45) is 4.99 Å². The second kappa shape index (κ2) is 6.19. The van der Waals surface area contributed by atoms with Crippen molar-refractivity contribution in [3.63, 3.8) is 0 Å². The van der Waals surface area contributed by atoms with Gasteiger partial charge < -0.3 is 24.0 Å². The monoisotopic (exact) mass is 422 g/mol. The molecule has 0 fully saturated rings. The molecule has 76 valence electrons. The molecule has 0 saturated heterocycles. The number of aromatic nitrogens is 1. The van der Waals surface area contributed by atoms with Gasteiger partial charge in [0.2, 0.25) is 5.69 Å². The van der Waals surface area contributed by atoms with Gasteiger partial charge in [-0.3, -0.25) is 0 Å². The van der Waals surface area contributed by atoms with Gasteiger partial charge >= 0.3 is 0 Å². The molecule has 1 aliphatic rings.